The molecule has 1 aliphatic carbocycles. The molecule has 0 aromatic heterocycles. The van der Waals surface area contributed by atoms with Crippen molar-refractivity contribution in [1.29, 1.82) is 0 Å². The first-order valence-electron chi connectivity index (χ1n) is 8.30. The van der Waals surface area contributed by atoms with Gasteiger partial charge in [0.05, 0.1) is 0 Å². The van der Waals surface area contributed by atoms with Gasteiger partial charge in [0.2, 0.25) is 0 Å². The Labute approximate surface area is 125 Å². The number of hydrogen-bond acceptors (Lipinski definition) is 1. The van der Waals surface area contributed by atoms with Crippen LogP contribution in [0.1, 0.15) is 76.5 Å². The number of rotatable bonds is 3. The van der Waals surface area contributed by atoms with Crippen molar-refractivity contribution in [1.82, 2.24) is 5.32 Å². The highest BCUT2D eigenvalue weighted by Gasteiger charge is 2.27. The summed E-state index contributed by atoms with van der Waals surface area (Å²) in [7, 11) is 2.13. The van der Waals surface area contributed by atoms with Gasteiger partial charge in [-0.15, -0.1) is 0 Å². The summed E-state index contributed by atoms with van der Waals surface area (Å²) in [4.78, 5) is 0. The minimum atomic E-state index is 0.219. The van der Waals surface area contributed by atoms with E-state index in [4.69, 9.17) is 0 Å². The molecule has 1 aromatic carbocycles. The Bertz CT molecular complexity index is 408. The molecule has 0 saturated heterocycles. The van der Waals surface area contributed by atoms with E-state index in [-0.39, 0.29) is 5.41 Å². The Morgan fingerprint density at radius 2 is 1.60 bits per heavy atom. The summed E-state index contributed by atoms with van der Waals surface area (Å²) in [6.07, 6.45) is 8.41. The van der Waals surface area contributed by atoms with Gasteiger partial charge < -0.3 is 5.32 Å². The molecule has 0 heterocycles. The normalized spacial score (nSPS) is 19.6. The molecular formula is C19H31N. The van der Waals surface area contributed by atoms with Crippen molar-refractivity contribution in [3.63, 3.8) is 0 Å². The minimum absolute atomic E-state index is 0.219. The molecule has 112 valence electrons. The SMILES string of the molecule is CNC(c1ccccc1C(C)(C)C)C1CCCCCC1. The molecule has 1 heteroatoms. The van der Waals surface area contributed by atoms with Crippen LogP contribution in [-0.4, -0.2) is 7.05 Å². The fourth-order valence-corrected chi connectivity index (χ4v) is 3.74. The van der Waals surface area contributed by atoms with Gasteiger partial charge in [-0.1, -0.05) is 70.7 Å². The molecule has 2 rings (SSSR count). The second-order valence-corrected chi connectivity index (χ2v) is 7.36. The van der Waals surface area contributed by atoms with Gasteiger partial charge in [-0.3, -0.25) is 0 Å². The second kappa shape index (κ2) is 6.76. The first kappa shape index (κ1) is 15.6. The molecule has 1 atom stereocenters. The quantitative estimate of drug-likeness (QED) is 0.745. The number of nitrogens with one attached hydrogen (secondary N) is 1. The van der Waals surface area contributed by atoms with E-state index in [1.807, 2.05) is 0 Å². The van der Waals surface area contributed by atoms with Crippen molar-refractivity contribution in [2.24, 2.45) is 5.92 Å². The molecule has 1 N–H and O–H groups in total. The van der Waals surface area contributed by atoms with Crippen molar-refractivity contribution in [2.45, 2.75) is 70.8 Å². The van der Waals surface area contributed by atoms with Crippen LogP contribution >= 0.6 is 0 Å². The maximum Gasteiger partial charge on any atom is 0.0349 e. The fraction of sp³-hybridized carbons (Fsp3) is 0.684. The highest BCUT2D eigenvalue weighted by Crippen LogP contribution is 2.37. The van der Waals surface area contributed by atoms with E-state index in [2.05, 4.69) is 57.4 Å². The molecule has 0 amide bonds. The summed E-state index contributed by atoms with van der Waals surface area (Å²) in [5.41, 5.74) is 3.24. The third-order valence-electron chi connectivity index (χ3n) is 4.79. The van der Waals surface area contributed by atoms with Crippen LogP contribution in [0.5, 0.6) is 0 Å². The maximum absolute atomic E-state index is 3.63. The number of benzene rings is 1. The Balaban J connectivity index is 2.31. The van der Waals surface area contributed by atoms with Crippen LogP contribution in [0.4, 0.5) is 0 Å². The molecule has 0 bridgehead atoms. The summed E-state index contributed by atoms with van der Waals surface area (Å²) in [5, 5.41) is 3.63. The molecule has 1 fully saturated rings. The van der Waals surface area contributed by atoms with Gasteiger partial charge in [0, 0.05) is 6.04 Å². The lowest BCUT2D eigenvalue weighted by Crippen LogP contribution is -2.28. The molecule has 0 spiro atoms. The summed E-state index contributed by atoms with van der Waals surface area (Å²) in [6.45, 7) is 6.98. The van der Waals surface area contributed by atoms with Crippen LogP contribution < -0.4 is 5.32 Å². The second-order valence-electron chi connectivity index (χ2n) is 7.36. The van der Waals surface area contributed by atoms with Crippen LogP contribution in [0, 0.1) is 5.92 Å². The molecule has 1 saturated carbocycles. The zero-order valence-electron chi connectivity index (χ0n) is 13.7. The van der Waals surface area contributed by atoms with E-state index >= 15 is 0 Å². The average molecular weight is 273 g/mol. The average Bonchev–Trinajstić information content (AvgIpc) is 2.68. The Morgan fingerprint density at radius 1 is 1.00 bits per heavy atom. The lowest BCUT2D eigenvalue weighted by Gasteiger charge is -2.32. The smallest absolute Gasteiger partial charge is 0.0349 e. The van der Waals surface area contributed by atoms with Gasteiger partial charge in [0.1, 0.15) is 0 Å². The van der Waals surface area contributed by atoms with E-state index < -0.39 is 0 Å². The summed E-state index contributed by atoms with van der Waals surface area (Å²) in [6, 6.07) is 9.56. The fourth-order valence-electron chi connectivity index (χ4n) is 3.74. The molecule has 1 unspecified atom stereocenters. The highest BCUT2D eigenvalue weighted by molar-refractivity contribution is 5.35. The first-order chi connectivity index (χ1) is 9.54. The Kier molecular flexibility index (Phi) is 5.26. The van der Waals surface area contributed by atoms with Crippen LogP contribution in [0.15, 0.2) is 24.3 Å². The molecule has 1 nitrogen and oxygen atoms in total. The van der Waals surface area contributed by atoms with Crippen LogP contribution in [0.2, 0.25) is 0 Å². The first-order valence-corrected chi connectivity index (χ1v) is 8.30. The summed E-state index contributed by atoms with van der Waals surface area (Å²) in [5.74, 6) is 0.797. The lowest BCUT2D eigenvalue weighted by molar-refractivity contribution is 0.337. The van der Waals surface area contributed by atoms with E-state index in [0.717, 1.165) is 5.92 Å². The van der Waals surface area contributed by atoms with E-state index in [0.29, 0.717) is 6.04 Å². The van der Waals surface area contributed by atoms with Gasteiger partial charge >= 0.3 is 0 Å². The minimum Gasteiger partial charge on any atom is -0.313 e. The zero-order chi connectivity index (χ0) is 14.6. The van der Waals surface area contributed by atoms with Crippen LogP contribution in [-0.2, 0) is 5.41 Å². The van der Waals surface area contributed by atoms with Crippen molar-refractivity contribution in [3.8, 4) is 0 Å². The van der Waals surface area contributed by atoms with Crippen LogP contribution in [0.3, 0.4) is 0 Å². The van der Waals surface area contributed by atoms with E-state index in [9.17, 15) is 0 Å². The lowest BCUT2D eigenvalue weighted by atomic mass is 9.78. The predicted octanol–water partition coefficient (Wildman–Crippen LogP) is 5.22. The number of hydrogen-bond donors (Lipinski definition) is 1. The molecule has 1 aromatic rings. The monoisotopic (exact) mass is 273 g/mol. The van der Waals surface area contributed by atoms with Crippen molar-refractivity contribution >= 4 is 0 Å². The van der Waals surface area contributed by atoms with Crippen molar-refractivity contribution in [2.75, 3.05) is 7.05 Å². The van der Waals surface area contributed by atoms with E-state index in [1.165, 1.54) is 49.7 Å². The Morgan fingerprint density at radius 3 is 2.15 bits per heavy atom. The van der Waals surface area contributed by atoms with Gasteiger partial charge in [-0.25, -0.2) is 0 Å². The third kappa shape index (κ3) is 3.63. The molecule has 0 radical (unpaired) electrons. The standard InChI is InChI=1S/C19H31N/c1-19(2,3)17-14-10-9-13-16(17)18(20-4)15-11-7-5-6-8-12-15/h9-10,13-15,18,20H,5-8,11-12H2,1-4H3. The van der Waals surface area contributed by atoms with E-state index in [1.54, 1.807) is 0 Å². The van der Waals surface area contributed by atoms with Crippen molar-refractivity contribution in [3.05, 3.63) is 35.4 Å². The maximum atomic E-state index is 3.63. The predicted molar refractivity (Wildman–Crippen MR) is 88.1 cm³/mol. The van der Waals surface area contributed by atoms with Gasteiger partial charge in [-0.05, 0) is 42.3 Å². The molecule has 20 heavy (non-hydrogen) atoms. The van der Waals surface area contributed by atoms with Gasteiger partial charge in [-0.2, -0.15) is 0 Å². The largest absolute Gasteiger partial charge is 0.313 e. The molecule has 1 aliphatic rings. The third-order valence-corrected chi connectivity index (χ3v) is 4.79. The highest BCUT2D eigenvalue weighted by atomic mass is 14.9. The van der Waals surface area contributed by atoms with Crippen molar-refractivity contribution < 1.29 is 0 Å². The summed E-state index contributed by atoms with van der Waals surface area (Å²) < 4.78 is 0. The molecular weight excluding hydrogens is 242 g/mol. The zero-order valence-corrected chi connectivity index (χ0v) is 13.7. The van der Waals surface area contributed by atoms with Gasteiger partial charge in [0.25, 0.3) is 0 Å². The summed E-state index contributed by atoms with van der Waals surface area (Å²) >= 11 is 0. The van der Waals surface area contributed by atoms with Gasteiger partial charge in [0.15, 0.2) is 0 Å². The molecule has 0 aliphatic heterocycles. The van der Waals surface area contributed by atoms with Crippen LogP contribution in [0.25, 0.3) is 0 Å². The Hall–Kier alpha value is -0.820. The topological polar surface area (TPSA) is 12.0 Å².